The van der Waals surface area contributed by atoms with Crippen LogP contribution in [0.2, 0.25) is 0 Å². The highest BCUT2D eigenvalue weighted by Gasteiger charge is 2.07. The molecule has 0 radical (unpaired) electrons. The molecule has 0 fully saturated rings. The summed E-state index contributed by atoms with van der Waals surface area (Å²) in [5, 5.41) is 0. The summed E-state index contributed by atoms with van der Waals surface area (Å²) < 4.78 is 0. The Morgan fingerprint density at radius 3 is 2.61 bits per heavy atom. The van der Waals surface area contributed by atoms with Gasteiger partial charge in [-0.1, -0.05) is 30.3 Å². The van der Waals surface area contributed by atoms with Crippen molar-refractivity contribution in [1.29, 1.82) is 0 Å². The number of aromatic nitrogens is 1. The first kappa shape index (κ1) is 12.9. The highest BCUT2D eigenvalue weighted by Crippen LogP contribution is 2.21. The maximum atomic E-state index is 11.8. The molecule has 1 aromatic carbocycles. The van der Waals surface area contributed by atoms with Crippen LogP contribution in [0.3, 0.4) is 0 Å². The van der Waals surface area contributed by atoms with E-state index in [2.05, 4.69) is 4.98 Å². The summed E-state index contributed by atoms with van der Waals surface area (Å²) in [5.41, 5.74) is 3.91. The van der Waals surface area contributed by atoms with Gasteiger partial charge in [-0.2, -0.15) is 0 Å². The lowest BCUT2D eigenvalue weighted by Gasteiger charge is -2.08. The molecular formula is C15H16ClNO. The number of hydrogen-bond acceptors (Lipinski definition) is 1. The van der Waals surface area contributed by atoms with E-state index in [9.17, 15) is 4.79 Å². The Morgan fingerprint density at radius 2 is 1.94 bits per heavy atom. The predicted molar refractivity (Wildman–Crippen MR) is 76.3 cm³/mol. The van der Waals surface area contributed by atoms with Crippen molar-refractivity contribution >= 4 is 11.6 Å². The minimum absolute atomic E-state index is 0.00250. The predicted octanol–water partition coefficient (Wildman–Crippen LogP) is 3.52. The number of aromatic amines is 1. The summed E-state index contributed by atoms with van der Waals surface area (Å²) >= 11 is 5.68. The highest BCUT2D eigenvalue weighted by molar-refractivity contribution is 6.17. The van der Waals surface area contributed by atoms with Crippen molar-refractivity contribution in [3.05, 3.63) is 58.0 Å². The van der Waals surface area contributed by atoms with Crippen LogP contribution in [-0.4, -0.2) is 10.9 Å². The number of benzene rings is 1. The van der Waals surface area contributed by atoms with Gasteiger partial charge in [0.2, 0.25) is 0 Å². The fourth-order valence-electron chi connectivity index (χ4n) is 2.03. The van der Waals surface area contributed by atoms with Crippen molar-refractivity contribution in [1.82, 2.24) is 4.98 Å². The molecule has 94 valence electrons. The standard InChI is InChI=1S/C15H16ClNO/c1-11-14(12-6-3-2-4-7-12)10-13(8-5-9-16)15(18)17-11/h2-4,6-7,10H,5,8-9H2,1H3,(H,17,18). The van der Waals surface area contributed by atoms with Crippen LogP contribution < -0.4 is 5.56 Å². The van der Waals surface area contributed by atoms with E-state index in [1.54, 1.807) is 0 Å². The number of halogens is 1. The zero-order valence-electron chi connectivity index (χ0n) is 10.4. The van der Waals surface area contributed by atoms with Gasteiger partial charge < -0.3 is 4.98 Å². The van der Waals surface area contributed by atoms with Crippen LogP contribution in [0.15, 0.2) is 41.2 Å². The summed E-state index contributed by atoms with van der Waals surface area (Å²) in [6, 6.07) is 12.1. The zero-order chi connectivity index (χ0) is 13.0. The zero-order valence-corrected chi connectivity index (χ0v) is 11.1. The molecule has 0 atom stereocenters. The van der Waals surface area contributed by atoms with Crippen LogP contribution >= 0.6 is 11.6 Å². The summed E-state index contributed by atoms with van der Waals surface area (Å²) in [6.07, 6.45) is 1.54. The molecule has 0 unspecified atom stereocenters. The quantitative estimate of drug-likeness (QED) is 0.840. The number of hydrogen-bond donors (Lipinski definition) is 1. The Balaban J connectivity index is 2.45. The van der Waals surface area contributed by atoms with Crippen molar-refractivity contribution in [3.8, 4) is 11.1 Å². The van der Waals surface area contributed by atoms with Gasteiger partial charge in [0.25, 0.3) is 5.56 Å². The SMILES string of the molecule is Cc1[nH]c(=O)c(CCCCl)cc1-c1ccccc1. The molecule has 0 saturated heterocycles. The molecule has 0 bridgehead atoms. The van der Waals surface area contributed by atoms with E-state index in [4.69, 9.17) is 11.6 Å². The molecule has 0 aliphatic carbocycles. The summed E-state index contributed by atoms with van der Waals surface area (Å²) in [6.45, 7) is 1.93. The Kier molecular flexibility index (Phi) is 4.21. The molecule has 18 heavy (non-hydrogen) atoms. The van der Waals surface area contributed by atoms with Gasteiger partial charge in [-0.05, 0) is 31.4 Å². The van der Waals surface area contributed by atoms with Gasteiger partial charge in [0.05, 0.1) is 0 Å². The number of alkyl halides is 1. The lowest BCUT2D eigenvalue weighted by Crippen LogP contribution is -2.14. The average Bonchev–Trinajstić information content (AvgIpc) is 2.39. The van der Waals surface area contributed by atoms with Crippen LogP contribution in [0, 0.1) is 6.92 Å². The van der Waals surface area contributed by atoms with Crippen LogP contribution in [0.4, 0.5) is 0 Å². The van der Waals surface area contributed by atoms with Crippen molar-refractivity contribution in [3.63, 3.8) is 0 Å². The fourth-order valence-corrected chi connectivity index (χ4v) is 2.16. The second-order valence-corrected chi connectivity index (χ2v) is 4.70. The molecule has 2 rings (SSSR count). The molecular weight excluding hydrogens is 246 g/mol. The third-order valence-corrected chi connectivity index (χ3v) is 3.25. The van der Waals surface area contributed by atoms with Crippen LogP contribution in [0.5, 0.6) is 0 Å². The van der Waals surface area contributed by atoms with Gasteiger partial charge in [0, 0.05) is 22.7 Å². The molecule has 0 saturated carbocycles. The van der Waals surface area contributed by atoms with Crippen LogP contribution in [0.25, 0.3) is 11.1 Å². The summed E-state index contributed by atoms with van der Waals surface area (Å²) in [7, 11) is 0. The molecule has 1 heterocycles. The first-order valence-electron chi connectivity index (χ1n) is 6.06. The van der Waals surface area contributed by atoms with E-state index < -0.39 is 0 Å². The number of pyridine rings is 1. The second kappa shape index (κ2) is 5.87. The molecule has 3 heteroatoms. The average molecular weight is 262 g/mol. The van der Waals surface area contributed by atoms with E-state index >= 15 is 0 Å². The molecule has 0 aliphatic heterocycles. The summed E-state index contributed by atoms with van der Waals surface area (Å²) in [4.78, 5) is 14.7. The first-order chi connectivity index (χ1) is 8.72. The summed E-state index contributed by atoms with van der Waals surface area (Å²) in [5.74, 6) is 0.577. The van der Waals surface area contributed by atoms with Crippen LogP contribution in [-0.2, 0) is 6.42 Å². The minimum atomic E-state index is -0.00250. The van der Waals surface area contributed by atoms with E-state index in [0.717, 1.165) is 35.2 Å². The molecule has 0 spiro atoms. The van der Waals surface area contributed by atoms with Gasteiger partial charge in [-0.15, -0.1) is 11.6 Å². The molecule has 2 nitrogen and oxygen atoms in total. The number of aryl methyl sites for hydroxylation is 2. The number of H-pyrrole nitrogens is 1. The molecule has 1 aromatic heterocycles. The molecule has 0 aliphatic rings. The number of nitrogens with one attached hydrogen (secondary N) is 1. The maximum absolute atomic E-state index is 11.8. The second-order valence-electron chi connectivity index (χ2n) is 4.32. The van der Waals surface area contributed by atoms with Gasteiger partial charge >= 0.3 is 0 Å². The van der Waals surface area contributed by atoms with E-state index in [-0.39, 0.29) is 5.56 Å². The smallest absolute Gasteiger partial charge is 0.251 e. The van der Waals surface area contributed by atoms with Crippen molar-refractivity contribution in [2.75, 3.05) is 5.88 Å². The Bertz CT molecular complexity index is 575. The fraction of sp³-hybridized carbons (Fsp3) is 0.267. The highest BCUT2D eigenvalue weighted by atomic mass is 35.5. The van der Waals surface area contributed by atoms with E-state index in [0.29, 0.717) is 5.88 Å². The molecule has 0 amide bonds. The number of rotatable bonds is 4. The first-order valence-corrected chi connectivity index (χ1v) is 6.60. The topological polar surface area (TPSA) is 32.9 Å². The van der Waals surface area contributed by atoms with Crippen molar-refractivity contribution in [2.45, 2.75) is 19.8 Å². The molecule has 1 N–H and O–H groups in total. The lowest BCUT2D eigenvalue weighted by atomic mass is 10.0. The van der Waals surface area contributed by atoms with Gasteiger partial charge in [0.1, 0.15) is 0 Å². The van der Waals surface area contributed by atoms with Gasteiger partial charge in [-0.3, -0.25) is 4.79 Å². The van der Waals surface area contributed by atoms with Crippen molar-refractivity contribution < 1.29 is 0 Å². The third-order valence-electron chi connectivity index (χ3n) is 2.98. The van der Waals surface area contributed by atoms with E-state index in [1.165, 1.54) is 0 Å². The maximum Gasteiger partial charge on any atom is 0.251 e. The Morgan fingerprint density at radius 1 is 1.22 bits per heavy atom. The normalized spacial score (nSPS) is 10.6. The monoisotopic (exact) mass is 261 g/mol. The van der Waals surface area contributed by atoms with Crippen molar-refractivity contribution in [2.24, 2.45) is 0 Å². The van der Waals surface area contributed by atoms with Gasteiger partial charge in [0.15, 0.2) is 0 Å². The third kappa shape index (κ3) is 2.82. The van der Waals surface area contributed by atoms with Gasteiger partial charge in [-0.25, -0.2) is 0 Å². The van der Waals surface area contributed by atoms with Crippen LogP contribution in [0.1, 0.15) is 17.7 Å². The Hall–Kier alpha value is -1.54. The minimum Gasteiger partial charge on any atom is -0.326 e. The lowest BCUT2D eigenvalue weighted by molar-refractivity contribution is 0.902. The largest absolute Gasteiger partial charge is 0.326 e. The molecule has 2 aromatic rings. The van der Waals surface area contributed by atoms with E-state index in [1.807, 2.05) is 43.3 Å². The Labute approximate surface area is 112 Å².